The van der Waals surface area contributed by atoms with E-state index >= 15 is 0 Å². The molecule has 2 N–H and O–H groups in total. The van der Waals surface area contributed by atoms with E-state index in [2.05, 4.69) is 0 Å². The first-order chi connectivity index (χ1) is 10.7. The first-order valence-electron chi connectivity index (χ1n) is 8.00. The molecule has 1 aliphatic rings. The lowest BCUT2D eigenvalue weighted by Gasteiger charge is -2.38. The molecule has 4 nitrogen and oxygen atoms in total. The van der Waals surface area contributed by atoms with Gasteiger partial charge in [-0.05, 0) is 48.8 Å². The van der Waals surface area contributed by atoms with Gasteiger partial charge in [-0.25, -0.2) is 4.79 Å². The quantitative estimate of drug-likeness (QED) is 0.820. The summed E-state index contributed by atoms with van der Waals surface area (Å²) in [6.07, 6.45) is 3.58. The predicted molar refractivity (Wildman–Crippen MR) is 90.2 cm³/mol. The third kappa shape index (κ3) is 3.64. The van der Waals surface area contributed by atoms with E-state index in [4.69, 9.17) is 16.3 Å². The standard InChI is InChI=1S/C18H25ClO4/c1-17(2,14-10-13(19)8-9-15(14)23-3)11-18(22,16(20)21)12-6-4-5-7-12/h8-10,12,22H,4-7,11H2,1-3H3,(H,20,21). The number of benzene rings is 1. The van der Waals surface area contributed by atoms with Gasteiger partial charge in [0.25, 0.3) is 0 Å². The maximum absolute atomic E-state index is 11.8. The second kappa shape index (κ2) is 6.70. The van der Waals surface area contributed by atoms with Crippen LogP contribution in [0.1, 0.15) is 51.5 Å². The van der Waals surface area contributed by atoms with E-state index in [9.17, 15) is 15.0 Å². The number of aliphatic carboxylic acids is 1. The van der Waals surface area contributed by atoms with Gasteiger partial charge in [0.2, 0.25) is 0 Å². The number of halogens is 1. The van der Waals surface area contributed by atoms with Crippen molar-refractivity contribution in [3.63, 3.8) is 0 Å². The Morgan fingerprint density at radius 2 is 1.96 bits per heavy atom. The lowest BCUT2D eigenvalue weighted by molar-refractivity contribution is -0.167. The van der Waals surface area contributed by atoms with Crippen LogP contribution in [0.5, 0.6) is 5.75 Å². The number of ether oxygens (including phenoxy) is 1. The third-order valence-corrected chi connectivity index (χ3v) is 5.24. The Labute approximate surface area is 142 Å². The molecule has 0 spiro atoms. The van der Waals surface area contributed by atoms with E-state index in [0.29, 0.717) is 10.8 Å². The molecule has 0 saturated heterocycles. The molecule has 0 radical (unpaired) electrons. The normalized spacial score (nSPS) is 18.7. The smallest absolute Gasteiger partial charge is 0.335 e. The Morgan fingerprint density at radius 1 is 1.35 bits per heavy atom. The molecule has 23 heavy (non-hydrogen) atoms. The molecule has 0 amide bonds. The van der Waals surface area contributed by atoms with Crippen LogP contribution in [0.3, 0.4) is 0 Å². The highest BCUT2D eigenvalue weighted by Crippen LogP contribution is 2.44. The van der Waals surface area contributed by atoms with E-state index in [1.165, 1.54) is 0 Å². The summed E-state index contributed by atoms with van der Waals surface area (Å²) < 4.78 is 5.40. The van der Waals surface area contributed by atoms with Crippen molar-refractivity contribution >= 4 is 17.6 Å². The number of carboxylic acids is 1. The zero-order chi connectivity index (χ0) is 17.3. The van der Waals surface area contributed by atoms with Gasteiger partial charge in [0, 0.05) is 10.6 Å². The summed E-state index contributed by atoms with van der Waals surface area (Å²) in [7, 11) is 1.57. The molecule has 0 aliphatic heterocycles. The summed E-state index contributed by atoms with van der Waals surface area (Å²) in [5, 5.41) is 21.2. The molecule has 1 fully saturated rings. The molecular weight excluding hydrogens is 316 g/mol. The maximum Gasteiger partial charge on any atom is 0.335 e. The van der Waals surface area contributed by atoms with Crippen molar-refractivity contribution in [2.75, 3.05) is 7.11 Å². The van der Waals surface area contributed by atoms with E-state index in [-0.39, 0.29) is 12.3 Å². The van der Waals surface area contributed by atoms with E-state index in [1.54, 1.807) is 25.3 Å². The number of methoxy groups -OCH3 is 1. The van der Waals surface area contributed by atoms with Gasteiger partial charge in [0.05, 0.1) is 7.11 Å². The predicted octanol–water partition coefficient (Wildman–Crippen LogP) is 4.02. The van der Waals surface area contributed by atoms with Crippen molar-refractivity contribution in [3.05, 3.63) is 28.8 Å². The Balaban J connectivity index is 2.38. The van der Waals surface area contributed by atoms with Crippen molar-refractivity contribution in [3.8, 4) is 5.75 Å². The minimum Gasteiger partial charge on any atom is -0.496 e. The molecular formula is C18H25ClO4. The maximum atomic E-state index is 11.8. The molecule has 1 aromatic rings. The average Bonchev–Trinajstić information content (AvgIpc) is 3.01. The zero-order valence-electron chi connectivity index (χ0n) is 13.9. The molecule has 128 valence electrons. The molecule has 2 rings (SSSR count). The Hall–Kier alpha value is -1.26. The van der Waals surface area contributed by atoms with Crippen LogP contribution < -0.4 is 4.74 Å². The van der Waals surface area contributed by atoms with Crippen molar-refractivity contribution in [1.82, 2.24) is 0 Å². The fourth-order valence-electron chi connectivity index (χ4n) is 3.78. The van der Waals surface area contributed by atoms with Gasteiger partial charge >= 0.3 is 5.97 Å². The van der Waals surface area contributed by atoms with Gasteiger partial charge in [-0.2, -0.15) is 0 Å². The third-order valence-electron chi connectivity index (χ3n) is 5.00. The number of rotatable bonds is 6. The summed E-state index contributed by atoms with van der Waals surface area (Å²) in [5.41, 5.74) is -1.51. The molecule has 1 saturated carbocycles. The Bertz CT molecular complexity index is 578. The number of hydrogen-bond acceptors (Lipinski definition) is 3. The van der Waals surface area contributed by atoms with Gasteiger partial charge < -0.3 is 14.9 Å². The highest BCUT2D eigenvalue weighted by Gasteiger charge is 2.49. The second-order valence-corrected chi connectivity index (χ2v) is 7.55. The van der Waals surface area contributed by atoms with Gasteiger partial charge in [-0.3, -0.25) is 0 Å². The lowest BCUT2D eigenvalue weighted by atomic mass is 9.70. The highest BCUT2D eigenvalue weighted by atomic mass is 35.5. The van der Waals surface area contributed by atoms with Crippen molar-refractivity contribution in [2.24, 2.45) is 5.92 Å². The molecule has 1 aromatic carbocycles. The van der Waals surface area contributed by atoms with Crippen LogP contribution in [-0.2, 0) is 10.2 Å². The van der Waals surface area contributed by atoms with E-state index in [0.717, 1.165) is 31.2 Å². The fraction of sp³-hybridized carbons (Fsp3) is 0.611. The van der Waals surface area contributed by atoms with Crippen LogP contribution >= 0.6 is 11.6 Å². The van der Waals surface area contributed by atoms with Crippen LogP contribution in [0.2, 0.25) is 5.02 Å². The number of aliphatic hydroxyl groups is 1. The summed E-state index contributed by atoms with van der Waals surface area (Å²) in [6.45, 7) is 3.84. The monoisotopic (exact) mass is 340 g/mol. The minimum absolute atomic E-state index is 0.122. The van der Waals surface area contributed by atoms with Crippen molar-refractivity contribution in [1.29, 1.82) is 0 Å². The van der Waals surface area contributed by atoms with Crippen molar-refractivity contribution < 1.29 is 19.7 Å². The fourth-order valence-corrected chi connectivity index (χ4v) is 3.95. The van der Waals surface area contributed by atoms with Crippen LogP contribution in [0.4, 0.5) is 0 Å². The molecule has 5 heteroatoms. The second-order valence-electron chi connectivity index (χ2n) is 7.12. The van der Waals surface area contributed by atoms with Gasteiger partial charge in [0.15, 0.2) is 5.60 Å². The number of carboxylic acid groups (broad SMARTS) is 1. The largest absolute Gasteiger partial charge is 0.496 e. The van der Waals surface area contributed by atoms with Gasteiger partial charge in [0.1, 0.15) is 5.75 Å². The van der Waals surface area contributed by atoms with E-state index in [1.807, 2.05) is 13.8 Å². The first-order valence-corrected chi connectivity index (χ1v) is 8.38. The van der Waals surface area contributed by atoms with Gasteiger partial charge in [-0.15, -0.1) is 0 Å². The SMILES string of the molecule is COc1ccc(Cl)cc1C(C)(C)CC(O)(C(=O)O)C1CCCC1. The highest BCUT2D eigenvalue weighted by molar-refractivity contribution is 6.30. The van der Waals surface area contributed by atoms with Crippen LogP contribution in [-0.4, -0.2) is 28.9 Å². The van der Waals surface area contributed by atoms with Crippen molar-refractivity contribution in [2.45, 2.75) is 57.0 Å². The molecule has 1 atom stereocenters. The number of carbonyl (C=O) groups is 1. The first kappa shape index (κ1) is 18.1. The summed E-state index contributed by atoms with van der Waals surface area (Å²) in [5.74, 6) is -0.693. The Morgan fingerprint density at radius 3 is 2.48 bits per heavy atom. The number of hydrogen-bond donors (Lipinski definition) is 2. The molecule has 1 aliphatic carbocycles. The summed E-state index contributed by atoms with van der Waals surface area (Å²) >= 11 is 6.11. The van der Waals surface area contributed by atoms with E-state index < -0.39 is 17.0 Å². The minimum atomic E-state index is -1.73. The zero-order valence-corrected chi connectivity index (χ0v) is 14.7. The van der Waals surface area contributed by atoms with Crippen LogP contribution in [0, 0.1) is 5.92 Å². The average molecular weight is 341 g/mol. The molecule has 0 aromatic heterocycles. The summed E-state index contributed by atoms with van der Waals surface area (Å²) in [4.78, 5) is 11.8. The topological polar surface area (TPSA) is 66.8 Å². The molecule has 0 heterocycles. The Kier molecular flexibility index (Phi) is 5.27. The molecule has 0 bridgehead atoms. The lowest BCUT2D eigenvalue weighted by Crippen LogP contribution is -2.49. The van der Waals surface area contributed by atoms with Crippen LogP contribution in [0.15, 0.2) is 18.2 Å². The van der Waals surface area contributed by atoms with Gasteiger partial charge in [-0.1, -0.05) is 38.3 Å². The molecule has 1 unspecified atom stereocenters. The summed E-state index contributed by atoms with van der Waals surface area (Å²) in [6, 6.07) is 5.30. The van der Waals surface area contributed by atoms with Crippen LogP contribution in [0.25, 0.3) is 0 Å².